The number of hydrogen-bond donors (Lipinski definition) is 1. The number of nitrogens with one attached hydrogen (secondary N) is 1. The lowest BCUT2D eigenvalue weighted by molar-refractivity contribution is 0.445. The van der Waals surface area contributed by atoms with Crippen molar-refractivity contribution < 1.29 is 4.39 Å². The monoisotopic (exact) mass is 299 g/mol. The summed E-state index contributed by atoms with van der Waals surface area (Å²) in [6.45, 7) is 9.29. The number of rotatable bonds is 3. The van der Waals surface area contributed by atoms with Gasteiger partial charge in [0.15, 0.2) is 0 Å². The zero-order chi connectivity index (χ0) is 13.1. The molecule has 0 heterocycles. The molecule has 0 aliphatic carbocycles. The van der Waals surface area contributed by atoms with Crippen molar-refractivity contribution in [2.75, 3.05) is 6.54 Å². The Morgan fingerprint density at radius 2 is 2.06 bits per heavy atom. The van der Waals surface area contributed by atoms with Gasteiger partial charge in [0.25, 0.3) is 0 Å². The quantitative estimate of drug-likeness (QED) is 0.873. The minimum absolute atomic E-state index is 0.106. The van der Waals surface area contributed by atoms with Gasteiger partial charge in [-0.1, -0.05) is 33.6 Å². The first-order valence-corrected chi connectivity index (χ1v) is 6.44. The molecule has 0 unspecified atom stereocenters. The van der Waals surface area contributed by atoms with Crippen LogP contribution < -0.4 is 5.32 Å². The third-order valence-electron chi connectivity index (χ3n) is 2.26. The van der Waals surface area contributed by atoms with Crippen molar-refractivity contribution in [1.82, 2.24) is 5.32 Å². The summed E-state index contributed by atoms with van der Waals surface area (Å²) in [6.07, 6.45) is 2.06. The van der Waals surface area contributed by atoms with Crippen molar-refractivity contribution in [3.8, 4) is 0 Å². The maximum atomic E-state index is 12.9. The Kier molecular flexibility index (Phi) is 4.90. The van der Waals surface area contributed by atoms with Crippen LogP contribution in [0.15, 0.2) is 28.2 Å². The summed E-state index contributed by atoms with van der Waals surface area (Å²) >= 11 is 3.36. The summed E-state index contributed by atoms with van der Waals surface area (Å²) in [5.41, 5.74) is 2.32. The molecule has 0 aliphatic heterocycles. The van der Waals surface area contributed by atoms with Gasteiger partial charge in [0.2, 0.25) is 0 Å². The van der Waals surface area contributed by atoms with E-state index in [9.17, 15) is 4.39 Å². The maximum Gasteiger partial charge on any atom is 0.124 e. The first-order chi connectivity index (χ1) is 7.78. The third-order valence-corrected chi connectivity index (χ3v) is 2.95. The van der Waals surface area contributed by atoms with Crippen LogP contribution in [0.5, 0.6) is 0 Å². The predicted molar refractivity (Wildman–Crippen MR) is 75.5 cm³/mol. The molecule has 1 aromatic carbocycles. The van der Waals surface area contributed by atoms with E-state index in [0.717, 1.165) is 16.6 Å². The van der Waals surface area contributed by atoms with Gasteiger partial charge in [0, 0.05) is 16.6 Å². The van der Waals surface area contributed by atoms with Gasteiger partial charge in [-0.15, -0.1) is 0 Å². The van der Waals surface area contributed by atoms with Crippen molar-refractivity contribution in [2.45, 2.75) is 33.2 Å². The minimum Gasteiger partial charge on any atom is -0.308 e. The van der Waals surface area contributed by atoms with Crippen molar-refractivity contribution >= 4 is 22.0 Å². The molecule has 1 aromatic rings. The van der Waals surface area contributed by atoms with Gasteiger partial charge in [-0.25, -0.2) is 4.39 Å². The molecule has 0 spiro atoms. The minimum atomic E-state index is -0.223. The van der Waals surface area contributed by atoms with Crippen LogP contribution in [0.2, 0.25) is 0 Å². The van der Waals surface area contributed by atoms with E-state index < -0.39 is 0 Å². The average molecular weight is 300 g/mol. The Morgan fingerprint density at radius 1 is 1.41 bits per heavy atom. The Hall–Kier alpha value is -0.670. The van der Waals surface area contributed by atoms with E-state index in [1.165, 1.54) is 17.7 Å². The van der Waals surface area contributed by atoms with Gasteiger partial charge in [0.05, 0.1) is 0 Å². The van der Waals surface area contributed by atoms with Crippen LogP contribution in [0.25, 0.3) is 6.08 Å². The average Bonchev–Trinajstić information content (AvgIpc) is 2.18. The fourth-order valence-electron chi connectivity index (χ4n) is 1.34. The maximum absolute atomic E-state index is 12.9. The molecule has 0 saturated heterocycles. The van der Waals surface area contributed by atoms with E-state index in [-0.39, 0.29) is 11.4 Å². The lowest BCUT2D eigenvalue weighted by atomic mass is 10.1. The number of halogens is 2. The third kappa shape index (κ3) is 5.46. The van der Waals surface area contributed by atoms with Crippen molar-refractivity contribution in [1.29, 1.82) is 0 Å². The van der Waals surface area contributed by atoms with E-state index >= 15 is 0 Å². The fraction of sp³-hybridized carbons (Fsp3) is 0.429. The second-order valence-electron chi connectivity index (χ2n) is 5.26. The summed E-state index contributed by atoms with van der Waals surface area (Å²) in [6, 6.07) is 4.73. The predicted octanol–water partition coefficient (Wildman–Crippen LogP) is 4.38. The molecule has 17 heavy (non-hydrogen) atoms. The molecule has 1 rings (SSSR count). The zero-order valence-electron chi connectivity index (χ0n) is 10.8. The topological polar surface area (TPSA) is 12.0 Å². The van der Waals surface area contributed by atoms with Crippen LogP contribution in [0.1, 0.15) is 33.3 Å². The highest BCUT2D eigenvalue weighted by molar-refractivity contribution is 9.10. The van der Waals surface area contributed by atoms with E-state index in [1.807, 2.05) is 0 Å². The molecule has 94 valence electrons. The molecule has 0 aliphatic rings. The van der Waals surface area contributed by atoms with Crippen LogP contribution in [0, 0.1) is 5.82 Å². The Morgan fingerprint density at radius 3 is 2.59 bits per heavy atom. The van der Waals surface area contributed by atoms with E-state index in [4.69, 9.17) is 0 Å². The summed E-state index contributed by atoms with van der Waals surface area (Å²) in [7, 11) is 0. The molecule has 3 heteroatoms. The largest absolute Gasteiger partial charge is 0.308 e. The Labute approximate surface area is 111 Å². The van der Waals surface area contributed by atoms with Gasteiger partial charge in [-0.2, -0.15) is 0 Å². The van der Waals surface area contributed by atoms with Crippen LogP contribution in [0.3, 0.4) is 0 Å². The van der Waals surface area contributed by atoms with Crippen LogP contribution in [-0.2, 0) is 0 Å². The van der Waals surface area contributed by atoms with E-state index in [1.54, 1.807) is 6.07 Å². The summed E-state index contributed by atoms with van der Waals surface area (Å²) < 4.78 is 13.7. The molecule has 0 aromatic heterocycles. The first kappa shape index (κ1) is 14.4. The molecule has 0 bridgehead atoms. The second-order valence-corrected chi connectivity index (χ2v) is 6.11. The van der Waals surface area contributed by atoms with Gasteiger partial charge in [-0.3, -0.25) is 0 Å². The summed E-state index contributed by atoms with van der Waals surface area (Å²) in [5.74, 6) is -0.223. The van der Waals surface area contributed by atoms with Crippen LogP contribution in [0.4, 0.5) is 4.39 Å². The lowest BCUT2D eigenvalue weighted by Crippen LogP contribution is -2.36. The highest BCUT2D eigenvalue weighted by Gasteiger charge is 2.08. The fourth-order valence-corrected chi connectivity index (χ4v) is 1.80. The number of benzene rings is 1. The first-order valence-electron chi connectivity index (χ1n) is 5.65. The van der Waals surface area contributed by atoms with Crippen molar-refractivity contribution in [2.24, 2.45) is 0 Å². The highest BCUT2D eigenvalue weighted by Crippen LogP contribution is 2.20. The number of hydrogen-bond acceptors (Lipinski definition) is 1. The van der Waals surface area contributed by atoms with Gasteiger partial charge >= 0.3 is 0 Å². The summed E-state index contributed by atoms with van der Waals surface area (Å²) in [5, 5.41) is 3.42. The van der Waals surface area contributed by atoms with Crippen molar-refractivity contribution in [3.63, 3.8) is 0 Å². The van der Waals surface area contributed by atoms with Gasteiger partial charge in [-0.05, 0) is 45.4 Å². The molecule has 0 saturated carbocycles. The van der Waals surface area contributed by atoms with Crippen LogP contribution in [-0.4, -0.2) is 12.1 Å². The standard InChI is InChI=1S/C14H19BrFN/c1-10(9-17-14(2,3)4)7-11-5-6-12(16)8-13(11)15/h5-8,17H,9H2,1-4H3/b10-7-. The zero-order valence-corrected chi connectivity index (χ0v) is 12.4. The van der Waals surface area contributed by atoms with Gasteiger partial charge in [0.1, 0.15) is 5.82 Å². The molecule has 0 radical (unpaired) electrons. The van der Waals surface area contributed by atoms with Crippen molar-refractivity contribution in [3.05, 3.63) is 39.6 Å². The normalized spacial score (nSPS) is 12.9. The molecule has 0 atom stereocenters. The molecular formula is C14H19BrFN. The van der Waals surface area contributed by atoms with Gasteiger partial charge < -0.3 is 5.32 Å². The molecule has 1 N–H and O–H groups in total. The summed E-state index contributed by atoms with van der Waals surface area (Å²) in [4.78, 5) is 0. The van der Waals surface area contributed by atoms with E-state index in [0.29, 0.717) is 0 Å². The SMILES string of the molecule is C/C(=C/c1ccc(F)cc1Br)CNC(C)(C)C. The molecule has 0 amide bonds. The smallest absolute Gasteiger partial charge is 0.124 e. The Balaban J connectivity index is 2.74. The second kappa shape index (κ2) is 5.78. The Bertz CT molecular complexity index is 419. The lowest BCUT2D eigenvalue weighted by Gasteiger charge is -2.20. The van der Waals surface area contributed by atoms with Crippen LogP contribution >= 0.6 is 15.9 Å². The highest BCUT2D eigenvalue weighted by atomic mass is 79.9. The molecule has 1 nitrogen and oxygen atoms in total. The molecular weight excluding hydrogens is 281 g/mol. The molecule has 0 fully saturated rings. The van der Waals surface area contributed by atoms with E-state index in [2.05, 4.69) is 55.0 Å².